The molecule has 0 N–H and O–H groups in total. The highest BCUT2D eigenvalue weighted by Gasteiger charge is 2.51. The van der Waals surface area contributed by atoms with Crippen LogP contribution in [0.2, 0.25) is 0 Å². The maximum absolute atomic E-state index is 6.10. The van der Waals surface area contributed by atoms with Gasteiger partial charge in [-0.1, -0.05) is 35.8 Å². The number of hydrogen-bond acceptors (Lipinski definition) is 2. The van der Waals surface area contributed by atoms with Crippen LogP contribution in [-0.4, -0.2) is 18.3 Å². The molecule has 1 heterocycles. The van der Waals surface area contributed by atoms with Gasteiger partial charge in [0.05, 0.1) is 11.2 Å². The number of hydrogen-bond donors (Lipinski definition) is 0. The Morgan fingerprint density at radius 2 is 1.53 bits per heavy atom. The van der Waals surface area contributed by atoms with Crippen molar-refractivity contribution in [2.24, 2.45) is 0 Å². The quantitative estimate of drug-likeness (QED) is 0.769. The van der Waals surface area contributed by atoms with Crippen LogP contribution < -0.4 is 5.46 Å². The maximum Gasteiger partial charge on any atom is 0.494 e. The lowest BCUT2D eigenvalue weighted by atomic mass is 9.77. The smallest absolute Gasteiger partial charge is 0.399 e. The third kappa shape index (κ3) is 2.91. The van der Waals surface area contributed by atoms with Crippen LogP contribution in [0.25, 0.3) is 0 Å². The van der Waals surface area contributed by atoms with E-state index >= 15 is 0 Å². The van der Waals surface area contributed by atoms with Crippen LogP contribution in [0.5, 0.6) is 0 Å². The summed E-state index contributed by atoms with van der Waals surface area (Å²) in [4.78, 5) is 0. The minimum atomic E-state index is -0.294. The van der Waals surface area contributed by atoms with E-state index < -0.39 is 0 Å². The van der Waals surface area contributed by atoms with Gasteiger partial charge in [-0.2, -0.15) is 0 Å². The second-order valence-electron chi connectivity index (χ2n) is 6.56. The molecule has 1 aliphatic heterocycles. The lowest BCUT2D eigenvalue weighted by Gasteiger charge is -2.32. The van der Waals surface area contributed by atoms with Crippen molar-refractivity contribution in [2.45, 2.75) is 58.7 Å². The zero-order valence-electron chi connectivity index (χ0n) is 12.6. The molecule has 0 bridgehead atoms. The molecule has 0 saturated carbocycles. The zero-order valence-corrected chi connectivity index (χ0v) is 14.2. The maximum atomic E-state index is 6.10. The monoisotopic (exact) mass is 324 g/mol. The van der Waals surface area contributed by atoms with Crippen molar-refractivity contribution >= 4 is 28.5 Å². The molecule has 1 aliphatic rings. The van der Waals surface area contributed by atoms with Crippen molar-refractivity contribution in [1.29, 1.82) is 0 Å². The largest absolute Gasteiger partial charge is 0.494 e. The van der Waals surface area contributed by atoms with E-state index in [0.717, 1.165) is 9.94 Å². The summed E-state index contributed by atoms with van der Waals surface area (Å²) < 4.78 is 13.3. The summed E-state index contributed by atoms with van der Waals surface area (Å²) in [6.45, 7) is 12.7. The van der Waals surface area contributed by atoms with Gasteiger partial charge in [0.2, 0.25) is 0 Å². The molecule has 0 unspecified atom stereocenters. The summed E-state index contributed by atoms with van der Waals surface area (Å²) in [6, 6.07) is 6.41. The van der Waals surface area contributed by atoms with Crippen LogP contribution in [0.1, 0.15) is 53.0 Å². The molecule has 2 rings (SSSR count). The first-order valence-corrected chi connectivity index (χ1v) is 7.58. The minimum absolute atomic E-state index is 0.292. The molecule has 1 fully saturated rings. The van der Waals surface area contributed by atoms with Crippen LogP contribution in [0.15, 0.2) is 22.7 Å². The summed E-state index contributed by atoms with van der Waals surface area (Å²) in [6.07, 6.45) is 0. The normalized spacial score (nSPS) is 21.2. The molecule has 1 aromatic carbocycles. The van der Waals surface area contributed by atoms with E-state index in [1.165, 1.54) is 5.56 Å². The molecule has 0 aromatic heterocycles. The molecule has 0 spiro atoms. The van der Waals surface area contributed by atoms with Crippen molar-refractivity contribution in [3.63, 3.8) is 0 Å². The number of rotatable bonds is 2. The van der Waals surface area contributed by atoms with E-state index in [0.29, 0.717) is 5.92 Å². The summed E-state index contributed by atoms with van der Waals surface area (Å²) in [7, 11) is -0.292. The Labute approximate surface area is 125 Å². The summed E-state index contributed by atoms with van der Waals surface area (Å²) in [5.74, 6) is 0.485. The Kier molecular flexibility index (Phi) is 3.89. The van der Waals surface area contributed by atoms with Gasteiger partial charge in [0, 0.05) is 4.47 Å². The average molecular weight is 325 g/mol. The summed E-state index contributed by atoms with van der Waals surface area (Å²) >= 11 is 3.57. The Morgan fingerprint density at radius 1 is 1.00 bits per heavy atom. The second kappa shape index (κ2) is 4.90. The lowest BCUT2D eigenvalue weighted by molar-refractivity contribution is 0.00578. The van der Waals surface area contributed by atoms with E-state index in [2.05, 4.69) is 75.7 Å². The highest BCUT2D eigenvalue weighted by Crippen LogP contribution is 2.36. The van der Waals surface area contributed by atoms with Gasteiger partial charge in [-0.3, -0.25) is 0 Å². The molecular formula is C15H22BBrO2. The zero-order chi connectivity index (χ0) is 14.4. The van der Waals surface area contributed by atoms with Gasteiger partial charge in [-0.15, -0.1) is 0 Å². The van der Waals surface area contributed by atoms with Gasteiger partial charge in [0.1, 0.15) is 0 Å². The van der Waals surface area contributed by atoms with E-state index in [1.807, 2.05) is 0 Å². The third-order valence-electron chi connectivity index (χ3n) is 4.13. The molecule has 0 amide bonds. The van der Waals surface area contributed by atoms with Crippen LogP contribution in [-0.2, 0) is 9.31 Å². The van der Waals surface area contributed by atoms with Crippen molar-refractivity contribution in [3.8, 4) is 0 Å². The first-order chi connectivity index (χ1) is 8.62. The van der Waals surface area contributed by atoms with Crippen LogP contribution >= 0.6 is 15.9 Å². The Hall–Kier alpha value is -0.315. The van der Waals surface area contributed by atoms with E-state index in [-0.39, 0.29) is 18.3 Å². The predicted octanol–water partition coefficient (Wildman–Crippen LogP) is 3.87. The van der Waals surface area contributed by atoms with Crippen LogP contribution in [0.3, 0.4) is 0 Å². The predicted molar refractivity (Wildman–Crippen MR) is 83.9 cm³/mol. The highest BCUT2D eigenvalue weighted by molar-refractivity contribution is 9.10. The Bertz CT molecular complexity index is 467. The molecule has 0 radical (unpaired) electrons. The van der Waals surface area contributed by atoms with Gasteiger partial charge in [-0.05, 0) is 56.8 Å². The van der Waals surface area contributed by atoms with Gasteiger partial charge >= 0.3 is 7.12 Å². The Morgan fingerprint density at radius 3 is 2.00 bits per heavy atom. The first kappa shape index (κ1) is 15.1. The fourth-order valence-electron chi connectivity index (χ4n) is 2.08. The van der Waals surface area contributed by atoms with Crippen molar-refractivity contribution in [1.82, 2.24) is 0 Å². The molecular weight excluding hydrogens is 303 g/mol. The van der Waals surface area contributed by atoms with E-state index in [1.54, 1.807) is 0 Å². The first-order valence-electron chi connectivity index (χ1n) is 6.78. The molecule has 0 aliphatic carbocycles. The summed E-state index contributed by atoms with van der Waals surface area (Å²) in [5, 5.41) is 0. The highest BCUT2D eigenvalue weighted by atomic mass is 79.9. The van der Waals surface area contributed by atoms with Crippen molar-refractivity contribution < 1.29 is 9.31 Å². The number of benzene rings is 1. The molecule has 0 atom stereocenters. The minimum Gasteiger partial charge on any atom is -0.399 e. The third-order valence-corrected chi connectivity index (χ3v) is 4.59. The molecule has 1 saturated heterocycles. The fourth-order valence-corrected chi connectivity index (χ4v) is 2.61. The molecule has 4 heteroatoms. The van der Waals surface area contributed by atoms with Crippen molar-refractivity contribution in [3.05, 3.63) is 28.2 Å². The fraction of sp³-hybridized carbons (Fsp3) is 0.600. The van der Waals surface area contributed by atoms with E-state index in [4.69, 9.17) is 9.31 Å². The van der Waals surface area contributed by atoms with Gasteiger partial charge in [0.25, 0.3) is 0 Å². The van der Waals surface area contributed by atoms with Crippen LogP contribution in [0, 0.1) is 0 Å². The second-order valence-corrected chi connectivity index (χ2v) is 7.48. The van der Waals surface area contributed by atoms with Gasteiger partial charge in [0.15, 0.2) is 0 Å². The van der Waals surface area contributed by atoms with Gasteiger partial charge in [-0.25, -0.2) is 0 Å². The van der Waals surface area contributed by atoms with Crippen molar-refractivity contribution in [2.75, 3.05) is 0 Å². The number of halogens is 1. The molecule has 104 valence electrons. The SMILES string of the molecule is CC(C)c1cc(Br)cc(B2OC(C)(C)C(C)(C)O2)c1. The molecule has 2 nitrogen and oxygen atoms in total. The van der Waals surface area contributed by atoms with Gasteiger partial charge < -0.3 is 9.31 Å². The summed E-state index contributed by atoms with van der Waals surface area (Å²) in [5.41, 5.74) is 1.78. The average Bonchev–Trinajstić information content (AvgIpc) is 2.47. The topological polar surface area (TPSA) is 18.5 Å². The molecule has 19 heavy (non-hydrogen) atoms. The Balaban J connectivity index is 2.34. The molecule has 1 aromatic rings. The lowest BCUT2D eigenvalue weighted by Crippen LogP contribution is -2.41. The van der Waals surface area contributed by atoms with E-state index in [9.17, 15) is 0 Å². The van der Waals surface area contributed by atoms with Crippen LogP contribution in [0.4, 0.5) is 0 Å². The standard InChI is InChI=1S/C15H22BBrO2/c1-10(2)11-7-12(9-13(17)8-11)16-18-14(3,4)15(5,6)19-16/h7-10H,1-6H3.